The summed E-state index contributed by atoms with van der Waals surface area (Å²) >= 11 is 0. The summed E-state index contributed by atoms with van der Waals surface area (Å²) in [6.45, 7) is 8.10. The first-order chi connectivity index (χ1) is 7.09. The van der Waals surface area contributed by atoms with Gasteiger partial charge in [-0.1, -0.05) is 32.6 Å². The number of carbonyl (C=O) groups excluding carboxylic acids is 1. The van der Waals surface area contributed by atoms with E-state index in [1.807, 2.05) is 6.07 Å². The number of hydrogen-bond acceptors (Lipinski definition) is 1. The van der Waals surface area contributed by atoms with Crippen LogP contribution in [0.4, 0.5) is 0 Å². The van der Waals surface area contributed by atoms with E-state index >= 15 is 0 Å². The molecule has 0 spiro atoms. The second-order valence-corrected chi connectivity index (χ2v) is 4.50. The number of hydrogen-bond donors (Lipinski definition) is 0. The van der Waals surface area contributed by atoms with Crippen LogP contribution in [0.1, 0.15) is 47.7 Å². The molecule has 0 N–H and O–H groups in total. The van der Waals surface area contributed by atoms with Gasteiger partial charge in [0, 0.05) is 5.56 Å². The van der Waals surface area contributed by atoms with E-state index in [-0.39, 0.29) is 5.78 Å². The van der Waals surface area contributed by atoms with Crippen molar-refractivity contribution in [1.29, 1.82) is 0 Å². The summed E-state index contributed by atoms with van der Waals surface area (Å²) in [5, 5.41) is 0. The fourth-order valence-electron chi connectivity index (χ4n) is 1.97. The summed E-state index contributed by atoms with van der Waals surface area (Å²) in [6.07, 6.45) is 1.77. The number of carbonyl (C=O) groups is 1. The highest BCUT2D eigenvalue weighted by atomic mass is 16.1. The van der Waals surface area contributed by atoms with Gasteiger partial charge in [-0.25, -0.2) is 0 Å². The van der Waals surface area contributed by atoms with Gasteiger partial charge in [-0.15, -0.1) is 0 Å². The van der Waals surface area contributed by atoms with E-state index in [4.69, 9.17) is 0 Å². The summed E-state index contributed by atoms with van der Waals surface area (Å²) in [6, 6.07) is 6.26. The number of ketones is 1. The third-order valence-corrected chi connectivity index (χ3v) is 3.06. The van der Waals surface area contributed by atoms with Crippen molar-refractivity contribution in [2.75, 3.05) is 0 Å². The number of Topliss-reactive ketones (excluding diaryl/α,β-unsaturated/α-hetero) is 1. The molecule has 1 aromatic carbocycles. The van der Waals surface area contributed by atoms with Crippen LogP contribution in [0.3, 0.4) is 0 Å². The Bertz CT molecular complexity index is 427. The molecule has 0 saturated heterocycles. The van der Waals surface area contributed by atoms with Gasteiger partial charge in [-0.2, -0.15) is 0 Å². The van der Waals surface area contributed by atoms with E-state index in [2.05, 4.69) is 32.6 Å². The van der Waals surface area contributed by atoms with Gasteiger partial charge in [-0.05, 0) is 41.5 Å². The molecule has 1 nitrogen and oxygen atoms in total. The first-order valence-corrected chi connectivity index (χ1v) is 5.45. The van der Waals surface area contributed by atoms with Crippen molar-refractivity contribution in [3.63, 3.8) is 0 Å². The van der Waals surface area contributed by atoms with Gasteiger partial charge in [0.05, 0.1) is 0 Å². The zero-order chi connectivity index (χ0) is 11.0. The molecule has 1 aliphatic carbocycles. The molecule has 0 atom stereocenters. The van der Waals surface area contributed by atoms with Crippen molar-refractivity contribution in [2.45, 2.75) is 32.6 Å². The van der Waals surface area contributed by atoms with Crippen molar-refractivity contribution in [3.05, 3.63) is 47.0 Å². The zero-order valence-corrected chi connectivity index (χ0v) is 9.34. The molecule has 0 bridgehead atoms. The lowest BCUT2D eigenvalue weighted by atomic mass is 9.85. The quantitative estimate of drug-likeness (QED) is 0.634. The van der Waals surface area contributed by atoms with Gasteiger partial charge in [0.2, 0.25) is 0 Å². The average molecular weight is 200 g/mol. The van der Waals surface area contributed by atoms with Crippen molar-refractivity contribution >= 4 is 5.78 Å². The first-order valence-electron chi connectivity index (χ1n) is 5.45. The van der Waals surface area contributed by atoms with Crippen molar-refractivity contribution in [1.82, 2.24) is 0 Å². The van der Waals surface area contributed by atoms with Crippen LogP contribution in [0.15, 0.2) is 30.4 Å². The van der Waals surface area contributed by atoms with Crippen LogP contribution in [0, 0.1) is 0 Å². The Balaban J connectivity index is 2.50. The molecular formula is C14H16O. The maximum absolute atomic E-state index is 11.9. The van der Waals surface area contributed by atoms with E-state index < -0.39 is 0 Å². The summed E-state index contributed by atoms with van der Waals surface area (Å²) in [4.78, 5) is 11.9. The molecule has 1 heteroatoms. The predicted molar refractivity (Wildman–Crippen MR) is 62.3 cm³/mol. The molecular weight excluding hydrogens is 184 g/mol. The van der Waals surface area contributed by atoms with E-state index in [0.717, 1.165) is 24.0 Å². The van der Waals surface area contributed by atoms with Gasteiger partial charge in [0.15, 0.2) is 5.78 Å². The fourth-order valence-corrected chi connectivity index (χ4v) is 1.97. The molecule has 0 fully saturated rings. The molecule has 2 rings (SSSR count). The average Bonchev–Trinajstić information content (AvgIpc) is 2.23. The number of fused-ring (bicyclic) bond motifs is 1. The number of rotatable bonds is 1. The standard InChI is InChI=1S/C14H16O/c1-9(2)12-7-6-11-5-4-10(3)14(15)13(11)8-12/h6-9H,3-5H2,1-2H3. The lowest BCUT2D eigenvalue weighted by molar-refractivity contribution is 0.102. The Labute approximate surface area is 90.8 Å². The third kappa shape index (κ3) is 1.74. The van der Waals surface area contributed by atoms with Gasteiger partial charge >= 0.3 is 0 Å². The molecule has 0 amide bonds. The minimum atomic E-state index is 0.138. The minimum absolute atomic E-state index is 0.138. The third-order valence-electron chi connectivity index (χ3n) is 3.06. The van der Waals surface area contributed by atoms with E-state index in [1.54, 1.807) is 0 Å². The second-order valence-electron chi connectivity index (χ2n) is 4.50. The molecule has 15 heavy (non-hydrogen) atoms. The first kappa shape index (κ1) is 10.2. The Kier molecular flexibility index (Phi) is 2.47. The predicted octanol–water partition coefficient (Wildman–Crippen LogP) is 3.50. The minimum Gasteiger partial charge on any atom is -0.289 e. The van der Waals surface area contributed by atoms with Crippen LogP contribution < -0.4 is 0 Å². The van der Waals surface area contributed by atoms with Crippen molar-refractivity contribution < 1.29 is 4.79 Å². The Morgan fingerprint density at radius 2 is 2.00 bits per heavy atom. The second kappa shape index (κ2) is 3.65. The maximum atomic E-state index is 11.9. The van der Waals surface area contributed by atoms with Crippen molar-refractivity contribution in [3.8, 4) is 0 Å². The molecule has 0 unspecified atom stereocenters. The van der Waals surface area contributed by atoms with Gasteiger partial charge in [0.25, 0.3) is 0 Å². The SMILES string of the molecule is C=C1CCc2ccc(C(C)C)cc2C1=O. The lowest BCUT2D eigenvalue weighted by Gasteiger charge is -2.18. The van der Waals surface area contributed by atoms with E-state index in [1.165, 1.54) is 11.1 Å². The summed E-state index contributed by atoms with van der Waals surface area (Å²) in [5.41, 5.74) is 4.04. The molecule has 1 aliphatic rings. The monoisotopic (exact) mass is 200 g/mol. The molecule has 78 valence electrons. The summed E-state index contributed by atoms with van der Waals surface area (Å²) in [5.74, 6) is 0.608. The van der Waals surface area contributed by atoms with Crippen LogP contribution in [0.5, 0.6) is 0 Å². The lowest BCUT2D eigenvalue weighted by Crippen LogP contribution is -2.13. The number of aryl methyl sites for hydroxylation is 1. The molecule has 0 radical (unpaired) electrons. The van der Waals surface area contributed by atoms with Crippen LogP contribution in [0.2, 0.25) is 0 Å². The van der Waals surface area contributed by atoms with Gasteiger partial charge in [-0.3, -0.25) is 4.79 Å². The number of benzene rings is 1. The van der Waals surface area contributed by atoms with E-state index in [9.17, 15) is 4.79 Å². The number of allylic oxidation sites excluding steroid dienone is 1. The van der Waals surface area contributed by atoms with Crippen LogP contribution in [-0.2, 0) is 6.42 Å². The summed E-state index contributed by atoms with van der Waals surface area (Å²) in [7, 11) is 0. The van der Waals surface area contributed by atoms with Gasteiger partial charge in [0.1, 0.15) is 0 Å². The largest absolute Gasteiger partial charge is 0.289 e. The van der Waals surface area contributed by atoms with Crippen LogP contribution in [-0.4, -0.2) is 5.78 Å². The Morgan fingerprint density at radius 1 is 1.27 bits per heavy atom. The Morgan fingerprint density at radius 3 is 2.67 bits per heavy atom. The highest BCUT2D eigenvalue weighted by Gasteiger charge is 2.20. The fraction of sp³-hybridized carbons (Fsp3) is 0.357. The smallest absolute Gasteiger partial charge is 0.188 e. The van der Waals surface area contributed by atoms with E-state index in [0.29, 0.717) is 5.92 Å². The van der Waals surface area contributed by atoms with Crippen LogP contribution in [0.25, 0.3) is 0 Å². The normalized spacial score (nSPS) is 15.7. The van der Waals surface area contributed by atoms with Crippen LogP contribution >= 0.6 is 0 Å². The summed E-state index contributed by atoms with van der Waals surface area (Å²) < 4.78 is 0. The molecule has 0 saturated carbocycles. The highest BCUT2D eigenvalue weighted by molar-refractivity contribution is 6.10. The molecule has 1 aromatic rings. The highest BCUT2D eigenvalue weighted by Crippen LogP contribution is 2.27. The zero-order valence-electron chi connectivity index (χ0n) is 9.34. The van der Waals surface area contributed by atoms with Crippen molar-refractivity contribution in [2.24, 2.45) is 0 Å². The van der Waals surface area contributed by atoms with Gasteiger partial charge < -0.3 is 0 Å². The maximum Gasteiger partial charge on any atom is 0.188 e. The topological polar surface area (TPSA) is 17.1 Å². The molecule has 0 heterocycles. The molecule has 0 aromatic heterocycles. The molecule has 0 aliphatic heterocycles. The Hall–Kier alpha value is -1.37.